The van der Waals surface area contributed by atoms with Gasteiger partial charge in [0.05, 0.1) is 18.4 Å². The van der Waals surface area contributed by atoms with Gasteiger partial charge in [-0.3, -0.25) is 9.97 Å². The molecular formula is C7H10N4O. The molecule has 0 atom stereocenters. The van der Waals surface area contributed by atoms with E-state index in [1.807, 2.05) is 0 Å². The summed E-state index contributed by atoms with van der Waals surface area (Å²) in [5, 5.41) is 5.03. The predicted octanol–water partition coefficient (Wildman–Crippen LogP) is -0.0944. The van der Waals surface area contributed by atoms with Gasteiger partial charge < -0.3 is 10.6 Å². The maximum absolute atomic E-state index is 10.7. The van der Waals surface area contributed by atoms with Crippen LogP contribution in [0.2, 0.25) is 0 Å². The van der Waals surface area contributed by atoms with Crippen molar-refractivity contribution >= 4 is 6.03 Å². The summed E-state index contributed by atoms with van der Waals surface area (Å²) in [5.41, 5.74) is 0.737. The molecule has 2 N–H and O–H groups in total. The molecule has 1 rings (SSSR count). The van der Waals surface area contributed by atoms with Crippen molar-refractivity contribution in [2.75, 3.05) is 7.05 Å². The van der Waals surface area contributed by atoms with Crippen LogP contribution >= 0.6 is 0 Å². The molecule has 0 saturated heterocycles. The zero-order valence-corrected chi connectivity index (χ0v) is 6.74. The third-order valence-electron chi connectivity index (χ3n) is 1.27. The second-order valence-electron chi connectivity index (χ2n) is 2.13. The molecule has 0 bridgehead atoms. The Morgan fingerprint density at radius 1 is 1.58 bits per heavy atom. The smallest absolute Gasteiger partial charge is 0.314 e. The predicted molar refractivity (Wildman–Crippen MR) is 43.3 cm³/mol. The lowest BCUT2D eigenvalue weighted by atomic mass is 10.4. The van der Waals surface area contributed by atoms with Crippen LogP contribution in [0.5, 0.6) is 0 Å². The molecule has 0 saturated carbocycles. The molecule has 0 aliphatic rings. The quantitative estimate of drug-likeness (QED) is 0.645. The number of carbonyl (C=O) groups excluding carboxylic acids is 1. The highest BCUT2D eigenvalue weighted by molar-refractivity contribution is 5.73. The van der Waals surface area contributed by atoms with Crippen LogP contribution in [0.25, 0.3) is 0 Å². The van der Waals surface area contributed by atoms with E-state index in [-0.39, 0.29) is 6.03 Å². The van der Waals surface area contributed by atoms with E-state index in [2.05, 4.69) is 20.6 Å². The molecule has 0 radical (unpaired) electrons. The number of carbonyl (C=O) groups is 1. The number of nitrogens with one attached hydrogen (secondary N) is 2. The Balaban J connectivity index is 2.38. The van der Waals surface area contributed by atoms with Gasteiger partial charge in [-0.15, -0.1) is 0 Å². The standard InChI is InChI=1S/C7H10N4O/c1-8-7(12)11-5-6-4-9-2-3-10-6/h2-4H,5H2,1H3,(H2,8,11,12). The molecule has 0 unspecified atom stereocenters. The van der Waals surface area contributed by atoms with E-state index in [0.29, 0.717) is 6.54 Å². The number of hydrogen-bond donors (Lipinski definition) is 2. The average molecular weight is 166 g/mol. The minimum absolute atomic E-state index is 0.222. The topological polar surface area (TPSA) is 66.9 Å². The maximum Gasteiger partial charge on any atom is 0.314 e. The van der Waals surface area contributed by atoms with Crippen LogP contribution in [0.1, 0.15) is 5.69 Å². The number of aromatic nitrogens is 2. The van der Waals surface area contributed by atoms with Crippen molar-refractivity contribution in [3.8, 4) is 0 Å². The van der Waals surface area contributed by atoms with Gasteiger partial charge in [0.25, 0.3) is 0 Å². The zero-order valence-electron chi connectivity index (χ0n) is 6.74. The van der Waals surface area contributed by atoms with E-state index in [1.165, 1.54) is 0 Å². The van der Waals surface area contributed by atoms with Crippen LogP contribution < -0.4 is 10.6 Å². The van der Waals surface area contributed by atoms with E-state index < -0.39 is 0 Å². The highest BCUT2D eigenvalue weighted by Crippen LogP contribution is 1.87. The Bertz CT molecular complexity index is 249. The van der Waals surface area contributed by atoms with E-state index in [1.54, 1.807) is 25.6 Å². The fourth-order valence-electron chi connectivity index (χ4n) is 0.680. The third-order valence-corrected chi connectivity index (χ3v) is 1.27. The lowest BCUT2D eigenvalue weighted by molar-refractivity contribution is 0.242. The number of urea groups is 1. The monoisotopic (exact) mass is 166 g/mol. The molecule has 1 aromatic rings. The third kappa shape index (κ3) is 2.53. The summed E-state index contributed by atoms with van der Waals surface area (Å²) in [5.74, 6) is 0. The van der Waals surface area contributed by atoms with Crippen LogP contribution in [0.3, 0.4) is 0 Å². The van der Waals surface area contributed by atoms with E-state index >= 15 is 0 Å². The van der Waals surface area contributed by atoms with Gasteiger partial charge in [-0.25, -0.2) is 4.79 Å². The Kier molecular flexibility index (Phi) is 3.01. The van der Waals surface area contributed by atoms with Gasteiger partial charge in [0, 0.05) is 19.4 Å². The Morgan fingerprint density at radius 2 is 2.42 bits per heavy atom. The normalized spacial score (nSPS) is 9.08. The molecule has 0 aromatic carbocycles. The van der Waals surface area contributed by atoms with Crippen LogP contribution in [-0.4, -0.2) is 23.0 Å². The van der Waals surface area contributed by atoms with E-state index in [0.717, 1.165) is 5.69 Å². The van der Waals surface area contributed by atoms with Crippen molar-refractivity contribution in [3.05, 3.63) is 24.3 Å². The lowest BCUT2D eigenvalue weighted by Gasteiger charge is -2.01. The molecule has 0 aliphatic heterocycles. The summed E-state index contributed by atoms with van der Waals surface area (Å²) in [4.78, 5) is 18.5. The first kappa shape index (κ1) is 8.45. The molecule has 2 amide bonds. The SMILES string of the molecule is CNC(=O)NCc1cnccn1. The summed E-state index contributed by atoms with van der Waals surface area (Å²) in [6, 6.07) is -0.222. The number of nitrogens with zero attached hydrogens (tertiary/aromatic N) is 2. The number of amides is 2. The zero-order chi connectivity index (χ0) is 8.81. The highest BCUT2D eigenvalue weighted by atomic mass is 16.2. The van der Waals surface area contributed by atoms with Crippen LogP contribution in [0.15, 0.2) is 18.6 Å². The molecule has 0 fully saturated rings. The molecule has 12 heavy (non-hydrogen) atoms. The molecule has 0 spiro atoms. The summed E-state index contributed by atoms with van der Waals surface area (Å²) in [6.07, 6.45) is 4.78. The summed E-state index contributed by atoms with van der Waals surface area (Å²) < 4.78 is 0. The van der Waals surface area contributed by atoms with Gasteiger partial charge in [0.15, 0.2) is 0 Å². The van der Waals surface area contributed by atoms with Gasteiger partial charge in [-0.2, -0.15) is 0 Å². The molecule has 0 aliphatic carbocycles. The minimum atomic E-state index is -0.222. The van der Waals surface area contributed by atoms with Crippen molar-refractivity contribution in [2.45, 2.75) is 6.54 Å². The lowest BCUT2D eigenvalue weighted by Crippen LogP contribution is -2.32. The molecule has 1 heterocycles. The van der Waals surface area contributed by atoms with Crippen LogP contribution in [0.4, 0.5) is 4.79 Å². The Hall–Kier alpha value is -1.65. The first-order chi connectivity index (χ1) is 5.83. The second kappa shape index (κ2) is 4.27. The minimum Gasteiger partial charge on any atom is -0.341 e. The molecule has 5 nitrogen and oxygen atoms in total. The van der Waals surface area contributed by atoms with Gasteiger partial charge in [-0.05, 0) is 0 Å². The van der Waals surface area contributed by atoms with Gasteiger partial charge >= 0.3 is 6.03 Å². The van der Waals surface area contributed by atoms with Crippen LogP contribution in [0, 0.1) is 0 Å². The van der Waals surface area contributed by atoms with Crippen molar-refractivity contribution in [1.29, 1.82) is 0 Å². The molecule has 1 aromatic heterocycles. The first-order valence-electron chi connectivity index (χ1n) is 3.53. The van der Waals surface area contributed by atoms with Crippen molar-refractivity contribution in [2.24, 2.45) is 0 Å². The Labute approximate surface area is 70.2 Å². The van der Waals surface area contributed by atoms with Gasteiger partial charge in [0.2, 0.25) is 0 Å². The maximum atomic E-state index is 10.7. The first-order valence-corrected chi connectivity index (χ1v) is 3.53. The largest absolute Gasteiger partial charge is 0.341 e. The Morgan fingerprint density at radius 3 is 3.00 bits per heavy atom. The van der Waals surface area contributed by atoms with E-state index in [4.69, 9.17) is 0 Å². The van der Waals surface area contributed by atoms with Crippen LogP contribution in [-0.2, 0) is 6.54 Å². The number of rotatable bonds is 2. The van der Waals surface area contributed by atoms with E-state index in [9.17, 15) is 4.79 Å². The van der Waals surface area contributed by atoms with Crippen molar-refractivity contribution < 1.29 is 4.79 Å². The van der Waals surface area contributed by atoms with Crippen molar-refractivity contribution in [3.63, 3.8) is 0 Å². The summed E-state index contributed by atoms with van der Waals surface area (Å²) >= 11 is 0. The fraction of sp³-hybridized carbons (Fsp3) is 0.286. The van der Waals surface area contributed by atoms with Gasteiger partial charge in [0.1, 0.15) is 0 Å². The summed E-state index contributed by atoms with van der Waals surface area (Å²) in [6.45, 7) is 0.396. The fourth-order valence-corrected chi connectivity index (χ4v) is 0.680. The van der Waals surface area contributed by atoms with Gasteiger partial charge in [-0.1, -0.05) is 0 Å². The molecule has 5 heteroatoms. The van der Waals surface area contributed by atoms with Crippen molar-refractivity contribution in [1.82, 2.24) is 20.6 Å². The molecule has 64 valence electrons. The summed E-state index contributed by atoms with van der Waals surface area (Å²) in [7, 11) is 1.56. The number of hydrogen-bond acceptors (Lipinski definition) is 3. The average Bonchev–Trinajstić information content (AvgIpc) is 2.16. The second-order valence-corrected chi connectivity index (χ2v) is 2.13. The highest BCUT2D eigenvalue weighted by Gasteiger charge is 1.96. The molecular weight excluding hydrogens is 156 g/mol.